The number of amides is 2. The predicted molar refractivity (Wildman–Crippen MR) is 112 cm³/mol. The van der Waals surface area contributed by atoms with E-state index >= 15 is 0 Å². The third-order valence-electron chi connectivity index (χ3n) is 4.48. The van der Waals surface area contributed by atoms with Crippen LogP contribution in [-0.2, 0) is 23.9 Å². The first-order valence-electron chi connectivity index (χ1n) is 9.63. The zero-order valence-electron chi connectivity index (χ0n) is 17.8. The Bertz CT molecular complexity index is 1040. The molecular weight excluding hydrogens is 440 g/mol. The number of ether oxygens (including phenoxy) is 2. The maximum atomic E-state index is 12.9. The van der Waals surface area contributed by atoms with Gasteiger partial charge in [-0.3, -0.25) is 19.3 Å². The van der Waals surface area contributed by atoms with E-state index in [1.54, 1.807) is 20.8 Å². The molecule has 0 aromatic heterocycles. The summed E-state index contributed by atoms with van der Waals surface area (Å²) in [5, 5.41) is 11.2. The van der Waals surface area contributed by atoms with Gasteiger partial charge in [-0.25, -0.2) is 9.59 Å². The van der Waals surface area contributed by atoms with Gasteiger partial charge >= 0.3 is 17.9 Å². The number of benzene rings is 1. The van der Waals surface area contributed by atoms with Crippen LogP contribution in [0.4, 0.5) is 0 Å². The van der Waals surface area contributed by atoms with Crippen molar-refractivity contribution in [3.05, 3.63) is 46.8 Å². The Balaban J connectivity index is 1.85. The van der Waals surface area contributed by atoms with Gasteiger partial charge < -0.3 is 19.9 Å². The number of hydrogen-bond donors (Lipinski definition) is 2. The zero-order chi connectivity index (χ0) is 23.8. The number of aromatic carboxylic acids is 1. The van der Waals surface area contributed by atoms with Crippen LogP contribution in [0.15, 0.2) is 35.7 Å². The number of carbonyl (C=O) groups is 5. The number of carboxylic acid groups (broad SMARTS) is 1. The molecule has 1 saturated heterocycles. The number of nitrogens with zero attached hydrogens (tertiary/aromatic N) is 1. The second-order valence-corrected chi connectivity index (χ2v) is 9.18. The van der Waals surface area contributed by atoms with Crippen LogP contribution in [-0.4, -0.2) is 62.5 Å². The van der Waals surface area contributed by atoms with Crippen LogP contribution < -0.4 is 5.32 Å². The Hall–Kier alpha value is -3.34. The molecule has 2 aliphatic rings. The third-order valence-corrected chi connectivity index (χ3v) is 5.73. The summed E-state index contributed by atoms with van der Waals surface area (Å²) >= 11 is 1.19. The second kappa shape index (κ2) is 8.65. The summed E-state index contributed by atoms with van der Waals surface area (Å²) in [6.07, 6.45) is 0. The fraction of sp³-hybridized carbons (Fsp3) is 0.381. The van der Waals surface area contributed by atoms with Crippen molar-refractivity contribution in [3.63, 3.8) is 0 Å². The van der Waals surface area contributed by atoms with Crippen molar-refractivity contribution in [3.8, 4) is 0 Å². The molecule has 2 amide bonds. The summed E-state index contributed by atoms with van der Waals surface area (Å²) in [6.45, 7) is 6.16. The van der Waals surface area contributed by atoms with E-state index in [-0.39, 0.29) is 28.3 Å². The van der Waals surface area contributed by atoms with Gasteiger partial charge in [0.15, 0.2) is 5.70 Å². The predicted octanol–water partition coefficient (Wildman–Crippen LogP) is 1.51. The molecular formula is C21H22N2O8S. The van der Waals surface area contributed by atoms with Crippen molar-refractivity contribution in [1.82, 2.24) is 10.2 Å². The molecule has 11 heteroatoms. The molecule has 0 saturated carbocycles. The highest BCUT2D eigenvalue weighted by molar-refractivity contribution is 8.00. The number of hydrogen-bond acceptors (Lipinski definition) is 8. The fourth-order valence-electron chi connectivity index (χ4n) is 3.25. The first-order chi connectivity index (χ1) is 14.9. The quantitative estimate of drug-likeness (QED) is 0.492. The van der Waals surface area contributed by atoms with E-state index in [1.165, 1.54) is 43.0 Å². The Kier molecular flexibility index (Phi) is 6.31. The highest BCUT2D eigenvalue weighted by Gasteiger charge is 2.55. The monoisotopic (exact) mass is 462 g/mol. The molecule has 1 unspecified atom stereocenters. The maximum Gasteiger partial charge on any atom is 0.359 e. The Morgan fingerprint density at radius 1 is 1.16 bits per heavy atom. The lowest BCUT2D eigenvalue weighted by Gasteiger charge is -2.49. The molecule has 2 heterocycles. The first kappa shape index (κ1) is 23.3. The summed E-state index contributed by atoms with van der Waals surface area (Å²) in [5.74, 6) is -3.98. The Morgan fingerprint density at radius 2 is 1.78 bits per heavy atom. The number of rotatable bonds is 5. The van der Waals surface area contributed by atoms with Crippen molar-refractivity contribution in [2.75, 3.05) is 5.75 Å². The van der Waals surface area contributed by atoms with Gasteiger partial charge in [0.25, 0.3) is 11.8 Å². The van der Waals surface area contributed by atoms with Gasteiger partial charge in [0.05, 0.1) is 16.9 Å². The van der Waals surface area contributed by atoms with E-state index in [1.807, 2.05) is 0 Å². The van der Waals surface area contributed by atoms with Gasteiger partial charge in [0, 0.05) is 6.92 Å². The summed E-state index contributed by atoms with van der Waals surface area (Å²) in [5.41, 5.74) is -1.32. The number of thioether (sulfide) groups is 1. The van der Waals surface area contributed by atoms with Crippen LogP contribution in [0, 0.1) is 0 Å². The van der Waals surface area contributed by atoms with Crippen LogP contribution in [0.5, 0.6) is 0 Å². The Morgan fingerprint density at radius 3 is 2.34 bits per heavy atom. The molecule has 1 aromatic carbocycles. The SMILES string of the molecule is CC(=O)OC1=C(C(=O)OC(C)(C)C)N2C(=O)C(NC(=O)c3ccccc3C(=O)O)[C@H]2SC1. The molecule has 1 fully saturated rings. The lowest BCUT2D eigenvalue weighted by atomic mass is 10.0. The molecule has 0 bridgehead atoms. The van der Waals surface area contributed by atoms with E-state index in [0.29, 0.717) is 0 Å². The molecule has 0 radical (unpaired) electrons. The number of esters is 2. The smallest absolute Gasteiger partial charge is 0.359 e. The van der Waals surface area contributed by atoms with Gasteiger partial charge in [-0.15, -0.1) is 11.8 Å². The average Bonchev–Trinajstić information content (AvgIpc) is 2.69. The number of carbonyl (C=O) groups excluding carboxylic acids is 4. The van der Waals surface area contributed by atoms with Crippen molar-refractivity contribution >= 4 is 41.5 Å². The third kappa shape index (κ3) is 4.62. The molecule has 2 aliphatic heterocycles. The van der Waals surface area contributed by atoms with E-state index in [2.05, 4.69) is 5.32 Å². The highest BCUT2D eigenvalue weighted by Crippen LogP contribution is 2.41. The molecule has 2 N–H and O–H groups in total. The fourth-order valence-corrected chi connectivity index (χ4v) is 4.50. The summed E-state index contributed by atoms with van der Waals surface area (Å²) in [6, 6.07) is 4.64. The van der Waals surface area contributed by atoms with E-state index < -0.39 is 46.7 Å². The molecule has 1 aromatic rings. The second-order valence-electron chi connectivity index (χ2n) is 8.08. The van der Waals surface area contributed by atoms with Gasteiger partial charge in [0.2, 0.25) is 0 Å². The van der Waals surface area contributed by atoms with Crippen molar-refractivity contribution in [2.45, 2.75) is 44.7 Å². The molecule has 0 aliphatic carbocycles. The summed E-state index contributed by atoms with van der Waals surface area (Å²) in [4.78, 5) is 62.4. The molecule has 3 rings (SSSR count). The van der Waals surface area contributed by atoms with E-state index in [0.717, 1.165) is 4.90 Å². The first-order valence-corrected chi connectivity index (χ1v) is 10.7. The van der Waals surface area contributed by atoms with Gasteiger partial charge in [-0.1, -0.05) is 12.1 Å². The van der Waals surface area contributed by atoms with Crippen molar-refractivity contribution < 1.29 is 38.6 Å². The van der Waals surface area contributed by atoms with Crippen LogP contribution in [0.3, 0.4) is 0 Å². The minimum atomic E-state index is -1.27. The van der Waals surface area contributed by atoms with E-state index in [9.17, 15) is 29.1 Å². The van der Waals surface area contributed by atoms with Crippen molar-refractivity contribution in [2.24, 2.45) is 0 Å². The topological polar surface area (TPSA) is 139 Å². The van der Waals surface area contributed by atoms with Gasteiger partial charge in [-0.2, -0.15) is 0 Å². The van der Waals surface area contributed by atoms with Gasteiger partial charge in [0.1, 0.15) is 22.8 Å². The number of β-lactam (4-membered cyclic amide) rings is 1. The molecule has 10 nitrogen and oxygen atoms in total. The summed E-state index contributed by atoms with van der Waals surface area (Å²) < 4.78 is 10.5. The molecule has 0 spiro atoms. The lowest BCUT2D eigenvalue weighted by Crippen LogP contribution is -2.70. The molecule has 2 atom stereocenters. The number of nitrogens with one attached hydrogen (secondary N) is 1. The van der Waals surface area contributed by atoms with E-state index in [4.69, 9.17) is 9.47 Å². The van der Waals surface area contributed by atoms with Crippen LogP contribution in [0.25, 0.3) is 0 Å². The number of fused-ring (bicyclic) bond motifs is 1. The largest absolute Gasteiger partial charge is 0.478 e. The summed E-state index contributed by atoms with van der Waals surface area (Å²) in [7, 11) is 0. The van der Waals surface area contributed by atoms with Crippen LogP contribution >= 0.6 is 11.8 Å². The molecule has 32 heavy (non-hydrogen) atoms. The van der Waals surface area contributed by atoms with Crippen LogP contribution in [0.1, 0.15) is 48.4 Å². The van der Waals surface area contributed by atoms with Gasteiger partial charge in [-0.05, 0) is 32.9 Å². The molecule has 170 valence electrons. The Labute approximate surface area is 187 Å². The normalized spacial score (nSPS) is 20.1. The average molecular weight is 462 g/mol. The minimum Gasteiger partial charge on any atom is -0.478 e. The standard InChI is InChI=1S/C21H22N2O8S/c1-10(24)30-13-9-32-18-14(17(26)23(18)15(13)20(29)31-21(2,3)4)22-16(25)11-7-5-6-8-12(11)19(27)28/h5-8,14,18H,9H2,1-4H3,(H,22,25)(H,27,28)/t14?,18-/m1/s1. The zero-order valence-corrected chi connectivity index (χ0v) is 18.6. The lowest BCUT2D eigenvalue weighted by molar-refractivity contribution is -0.159. The minimum absolute atomic E-state index is 0.00218. The van der Waals surface area contributed by atoms with Crippen molar-refractivity contribution in [1.29, 1.82) is 0 Å². The highest BCUT2D eigenvalue weighted by atomic mass is 32.2. The maximum absolute atomic E-state index is 12.9. The van der Waals surface area contributed by atoms with Crippen LogP contribution in [0.2, 0.25) is 0 Å². The number of carboxylic acids is 1.